The van der Waals surface area contributed by atoms with E-state index in [2.05, 4.69) is 36.4 Å². The molecule has 0 radical (unpaired) electrons. The predicted octanol–water partition coefficient (Wildman–Crippen LogP) is 4.33. The molecule has 5 fully saturated rings. The van der Waals surface area contributed by atoms with Crippen molar-refractivity contribution in [2.24, 2.45) is 29.1 Å². The van der Waals surface area contributed by atoms with Crippen LogP contribution in [0.2, 0.25) is 0 Å². The molecule has 5 aliphatic rings. The van der Waals surface area contributed by atoms with Crippen LogP contribution >= 0.6 is 11.3 Å². The van der Waals surface area contributed by atoms with E-state index >= 15 is 0 Å². The lowest BCUT2D eigenvalue weighted by Gasteiger charge is -2.62. The summed E-state index contributed by atoms with van der Waals surface area (Å²) < 4.78 is 1.09. The SMILES string of the molecule is Cc1nc(N[C@@H]2C[C@@H]3C[C@H]([C@H]2C)C3(C)C)nc(N[C@@H]2C[C@H](CO)[C@@H](O)[C@H]2O)c1-c1nc2c(C3CC3)nccc2s1. The van der Waals surface area contributed by atoms with Crippen molar-refractivity contribution in [2.45, 2.75) is 90.0 Å². The normalized spacial score (nSPS) is 34.6. The molecule has 5 saturated carbocycles. The summed E-state index contributed by atoms with van der Waals surface area (Å²) in [6.45, 7) is 8.96. The van der Waals surface area contributed by atoms with Gasteiger partial charge < -0.3 is 26.0 Å². The summed E-state index contributed by atoms with van der Waals surface area (Å²) in [6, 6.07) is 1.87. The molecular formula is C30H40N6O3S. The number of nitrogens with one attached hydrogen (secondary N) is 2. The fraction of sp³-hybridized carbons (Fsp3) is 0.667. The van der Waals surface area contributed by atoms with E-state index in [0.29, 0.717) is 53.3 Å². The highest BCUT2D eigenvalue weighted by atomic mass is 32.1. The van der Waals surface area contributed by atoms with Crippen LogP contribution < -0.4 is 10.6 Å². The van der Waals surface area contributed by atoms with Gasteiger partial charge in [0.15, 0.2) is 0 Å². The highest BCUT2D eigenvalue weighted by Crippen LogP contribution is 2.61. The fourth-order valence-electron chi connectivity index (χ4n) is 7.77. The zero-order chi connectivity index (χ0) is 27.9. The molecule has 40 heavy (non-hydrogen) atoms. The van der Waals surface area contributed by atoms with Crippen LogP contribution in [0.4, 0.5) is 11.8 Å². The number of aromatic nitrogens is 4. The molecule has 0 spiro atoms. The Morgan fingerprint density at radius 2 is 1.82 bits per heavy atom. The second-order valence-corrected chi connectivity index (χ2v) is 14.3. The van der Waals surface area contributed by atoms with Gasteiger partial charge in [0.25, 0.3) is 0 Å². The molecule has 10 heteroatoms. The molecule has 0 unspecified atom stereocenters. The number of fused-ring (bicyclic) bond motifs is 3. The number of anilines is 2. The number of aliphatic hydroxyl groups is 3. The van der Waals surface area contributed by atoms with E-state index in [0.717, 1.165) is 51.4 Å². The van der Waals surface area contributed by atoms with Crippen molar-refractivity contribution in [1.82, 2.24) is 19.9 Å². The van der Waals surface area contributed by atoms with E-state index in [-0.39, 0.29) is 12.5 Å². The van der Waals surface area contributed by atoms with Crippen LogP contribution in [-0.4, -0.2) is 66.2 Å². The Labute approximate surface area is 238 Å². The maximum Gasteiger partial charge on any atom is 0.225 e. The van der Waals surface area contributed by atoms with Gasteiger partial charge in [-0.25, -0.2) is 9.97 Å². The molecule has 0 amide bonds. The molecule has 8 atom stereocenters. The van der Waals surface area contributed by atoms with Crippen LogP contribution in [0, 0.1) is 36.0 Å². The molecule has 214 valence electrons. The summed E-state index contributed by atoms with van der Waals surface area (Å²) in [5.74, 6) is 3.21. The van der Waals surface area contributed by atoms with E-state index < -0.39 is 18.2 Å². The third kappa shape index (κ3) is 4.21. The number of rotatable bonds is 7. The molecule has 8 rings (SSSR count). The number of thiazole rings is 1. The summed E-state index contributed by atoms with van der Waals surface area (Å²) in [5.41, 5.74) is 4.03. The molecule has 3 aromatic heterocycles. The number of nitrogens with zero attached hydrogens (tertiary/aromatic N) is 4. The van der Waals surface area contributed by atoms with Gasteiger partial charge in [0.2, 0.25) is 5.95 Å². The molecule has 3 aromatic rings. The van der Waals surface area contributed by atoms with Crippen molar-refractivity contribution in [3.63, 3.8) is 0 Å². The zero-order valence-corrected chi connectivity index (χ0v) is 24.4. The Hall–Kier alpha value is -2.40. The first-order valence-electron chi connectivity index (χ1n) is 14.8. The van der Waals surface area contributed by atoms with E-state index in [1.165, 1.54) is 6.42 Å². The Morgan fingerprint density at radius 1 is 1.02 bits per heavy atom. The summed E-state index contributed by atoms with van der Waals surface area (Å²) >= 11 is 1.61. The van der Waals surface area contributed by atoms with Crippen LogP contribution in [0.3, 0.4) is 0 Å². The van der Waals surface area contributed by atoms with Crippen molar-refractivity contribution in [3.05, 3.63) is 23.7 Å². The van der Waals surface area contributed by atoms with E-state index in [9.17, 15) is 15.3 Å². The number of pyridine rings is 1. The maximum atomic E-state index is 10.8. The second-order valence-electron chi connectivity index (χ2n) is 13.3. The van der Waals surface area contributed by atoms with Gasteiger partial charge in [-0.2, -0.15) is 4.98 Å². The van der Waals surface area contributed by atoms with Crippen molar-refractivity contribution in [3.8, 4) is 10.6 Å². The van der Waals surface area contributed by atoms with Crippen molar-refractivity contribution >= 4 is 33.3 Å². The first kappa shape index (κ1) is 26.5. The lowest BCUT2D eigenvalue weighted by molar-refractivity contribution is -0.105. The average Bonchev–Trinajstić information content (AvgIpc) is 3.62. The molecule has 2 bridgehead atoms. The van der Waals surface area contributed by atoms with Crippen LogP contribution in [0.15, 0.2) is 12.3 Å². The van der Waals surface area contributed by atoms with Crippen molar-refractivity contribution < 1.29 is 15.3 Å². The third-order valence-electron chi connectivity index (χ3n) is 10.6. The highest BCUT2D eigenvalue weighted by molar-refractivity contribution is 7.21. The van der Waals surface area contributed by atoms with E-state index in [1.807, 2.05) is 19.2 Å². The first-order valence-corrected chi connectivity index (χ1v) is 15.6. The van der Waals surface area contributed by atoms with Gasteiger partial charge in [-0.05, 0) is 68.3 Å². The quantitative estimate of drug-likeness (QED) is 0.284. The Balaban J connectivity index is 1.26. The lowest BCUT2D eigenvalue weighted by atomic mass is 9.45. The highest BCUT2D eigenvalue weighted by Gasteiger charge is 2.56. The molecule has 0 aliphatic heterocycles. The minimum Gasteiger partial charge on any atom is -0.396 e. The Kier molecular flexibility index (Phi) is 6.34. The minimum atomic E-state index is -1.01. The minimum absolute atomic E-state index is 0.175. The summed E-state index contributed by atoms with van der Waals surface area (Å²) in [7, 11) is 0. The van der Waals surface area contributed by atoms with Crippen LogP contribution in [0.25, 0.3) is 20.8 Å². The maximum absolute atomic E-state index is 10.8. The number of hydrogen-bond acceptors (Lipinski definition) is 10. The molecule has 9 nitrogen and oxygen atoms in total. The third-order valence-corrected chi connectivity index (χ3v) is 11.7. The molecule has 0 aromatic carbocycles. The van der Waals surface area contributed by atoms with Gasteiger partial charge >= 0.3 is 0 Å². The zero-order valence-electron chi connectivity index (χ0n) is 23.6. The lowest BCUT2D eigenvalue weighted by Crippen LogP contribution is -2.58. The Morgan fingerprint density at radius 3 is 2.50 bits per heavy atom. The molecule has 5 aliphatic carbocycles. The fourth-order valence-corrected chi connectivity index (χ4v) is 8.83. The average molecular weight is 565 g/mol. The second kappa shape index (κ2) is 9.58. The van der Waals surface area contributed by atoms with E-state index in [1.54, 1.807) is 11.3 Å². The largest absolute Gasteiger partial charge is 0.396 e. The number of hydrogen-bond donors (Lipinski definition) is 5. The van der Waals surface area contributed by atoms with E-state index in [4.69, 9.17) is 15.0 Å². The monoisotopic (exact) mass is 564 g/mol. The first-order chi connectivity index (χ1) is 19.2. The van der Waals surface area contributed by atoms with Gasteiger partial charge in [0.05, 0.1) is 33.8 Å². The Bertz CT molecular complexity index is 1440. The van der Waals surface area contributed by atoms with Gasteiger partial charge in [-0.3, -0.25) is 4.98 Å². The molecule has 5 N–H and O–H groups in total. The van der Waals surface area contributed by atoms with Gasteiger partial charge in [-0.15, -0.1) is 11.3 Å². The van der Waals surface area contributed by atoms with Gasteiger partial charge in [-0.1, -0.05) is 20.8 Å². The van der Waals surface area contributed by atoms with Crippen LogP contribution in [0.1, 0.15) is 70.2 Å². The van der Waals surface area contributed by atoms with Gasteiger partial charge in [0, 0.05) is 30.7 Å². The number of aliphatic hydroxyl groups excluding tert-OH is 3. The topological polar surface area (TPSA) is 136 Å². The smallest absolute Gasteiger partial charge is 0.225 e. The van der Waals surface area contributed by atoms with Gasteiger partial charge in [0.1, 0.15) is 22.4 Å². The molecule has 3 heterocycles. The van der Waals surface area contributed by atoms with Crippen molar-refractivity contribution in [2.75, 3.05) is 17.2 Å². The summed E-state index contributed by atoms with van der Waals surface area (Å²) in [6.07, 6.45) is 5.04. The van der Waals surface area contributed by atoms with Crippen LogP contribution in [-0.2, 0) is 0 Å². The molecule has 0 saturated heterocycles. The summed E-state index contributed by atoms with van der Waals surface area (Å²) in [4.78, 5) is 19.6. The van der Waals surface area contributed by atoms with Crippen molar-refractivity contribution in [1.29, 1.82) is 0 Å². The molecular weight excluding hydrogens is 524 g/mol. The number of aryl methyl sites for hydroxylation is 1. The standard InChI is InChI=1S/C30H40N6O3S/c1-13-18-10-17(30(18,3)4)11-19(13)34-29-32-14(2)22(27(36-29)33-20-9-16(12-37)25(38)26(20)39)28-35-24-21(40-28)7-8-31-23(24)15-5-6-15/h7-8,13,15-20,25-26,37-39H,5-6,9-12H2,1-4H3,(H2,32,33,34,36)/t13-,16-,17+,18-,19-,20-,25-,26+/m1/s1. The predicted molar refractivity (Wildman–Crippen MR) is 156 cm³/mol. The van der Waals surface area contributed by atoms with Crippen LogP contribution in [0.5, 0.6) is 0 Å². The summed E-state index contributed by atoms with van der Waals surface area (Å²) in [5, 5.41) is 39.0.